The van der Waals surface area contributed by atoms with Gasteiger partial charge in [0.25, 0.3) is 11.7 Å². The Labute approximate surface area is 190 Å². The maximum Gasteiger partial charge on any atom is 0.295 e. The highest BCUT2D eigenvalue weighted by Gasteiger charge is 2.27. The number of Topliss-reactive ketones (excluding diaryl/α,β-unsaturated/α-hetero) is 1. The lowest BCUT2D eigenvalue weighted by atomic mass is 10.0. The van der Waals surface area contributed by atoms with E-state index in [-0.39, 0.29) is 5.91 Å². The number of rotatable bonds is 7. The number of carbonyl (C=O) groups excluding carboxylic acids is 2. The summed E-state index contributed by atoms with van der Waals surface area (Å²) >= 11 is 0. The minimum Gasteiger partial charge on any atom is -0.491 e. The Kier molecular flexibility index (Phi) is 6.63. The number of carbonyl (C=O) groups is 2. The second-order valence-electron chi connectivity index (χ2n) is 8.98. The first kappa shape index (κ1) is 22.1. The quantitative estimate of drug-likeness (QED) is 0.374. The summed E-state index contributed by atoms with van der Waals surface area (Å²) in [6.45, 7) is 8.81. The van der Waals surface area contributed by atoms with Gasteiger partial charge in [-0.3, -0.25) is 9.59 Å². The lowest BCUT2D eigenvalue weighted by Crippen LogP contribution is -2.40. The molecule has 0 radical (unpaired) electrons. The Hall–Kier alpha value is -3.08. The van der Waals surface area contributed by atoms with E-state index >= 15 is 0 Å². The number of hydrogen-bond donors (Lipinski definition) is 0. The number of para-hydroxylation sites is 1. The Bertz CT molecular complexity index is 1120. The van der Waals surface area contributed by atoms with E-state index in [0.29, 0.717) is 37.7 Å². The third-order valence-corrected chi connectivity index (χ3v) is 6.25. The monoisotopic (exact) mass is 432 g/mol. The van der Waals surface area contributed by atoms with E-state index in [0.717, 1.165) is 35.9 Å². The standard InChI is InChI=1S/C27H32N2O3/c1-19(2)21-12-11-20(3)17-25(21)32-16-15-29-18-23(22-9-5-6-10-24(22)29)26(30)27(31)28-13-7-4-8-14-28/h5-6,9-12,17-19H,4,7-8,13-16H2,1-3H3. The minimum atomic E-state index is -0.413. The maximum absolute atomic E-state index is 13.1. The molecule has 1 amide bonds. The first-order chi connectivity index (χ1) is 15.5. The molecule has 4 rings (SSSR count). The van der Waals surface area contributed by atoms with Crippen molar-refractivity contribution in [2.24, 2.45) is 0 Å². The van der Waals surface area contributed by atoms with Crippen molar-refractivity contribution in [3.63, 3.8) is 0 Å². The molecule has 0 saturated carbocycles. The lowest BCUT2D eigenvalue weighted by molar-refractivity contribution is -0.127. The van der Waals surface area contributed by atoms with Gasteiger partial charge >= 0.3 is 0 Å². The largest absolute Gasteiger partial charge is 0.491 e. The molecule has 1 aliphatic heterocycles. The van der Waals surface area contributed by atoms with Gasteiger partial charge in [0.1, 0.15) is 12.4 Å². The molecule has 2 aromatic carbocycles. The van der Waals surface area contributed by atoms with Gasteiger partial charge in [-0.15, -0.1) is 0 Å². The van der Waals surface area contributed by atoms with Crippen molar-refractivity contribution < 1.29 is 14.3 Å². The van der Waals surface area contributed by atoms with Crippen molar-refractivity contribution in [1.29, 1.82) is 0 Å². The zero-order valence-corrected chi connectivity index (χ0v) is 19.3. The third-order valence-electron chi connectivity index (χ3n) is 6.25. The summed E-state index contributed by atoms with van der Waals surface area (Å²) in [5, 5.41) is 0.821. The van der Waals surface area contributed by atoms with Crippen LogP contribution in [0.15, 0.2) is 48.7 Å². The van der Waals surface area contributed by atoms with E-state index in [1.807, 2.05) is 35.0 Å². The van der Waals surface area contributed by atoms with E-state index in [1.54, 1.807) is 4.90 Å². The van der Waals surface area contributed by atoms with Crippen molar-refractivity contribution in [1.82, 2.24) is 9.47 Å². The van der Waals surface area contributed by atoms with Gasteiger partial charge in [-0.25, -0.2) is 0 Å². The molecule has 1 fully saturated rings. The molecule has 5 heteroatoms. The first-order valence-corrected chi connectivity index (χ1v) is 11.6. The number of benzene rings is 2. The number of nitrogens with zero attached hydrogens (tertiary/aromatic N) is 2. The van der Waals surface area contributed by atoms with E-state index in [4.69, 9.17) is 4.74 Å². The second kappa shape index (κ2) is 9.60. The molecule has 0 spiro atoms. The summed E-state index contributed by atoms with van der Waals surface area (Å²) in [5.41, 5.74) is 3.78. The van der Waals surface area contributed by atoms with Crippen molar-refractivity contribution in [2.75, 3.05) is 19.7 Å². The van der Waals surface area contributed by atoms with Crippen LogP contribution in [-0.4, -0.2) is 40.9 Å². The molecule has 32 heavy (non-hydrogen) atoms. The van der Waals surface area contributed by atoms with E-state index in [2.05, 4.69) is 39.0 Å². The molecule has 0 N–H and O–H groups in total. The Morgan fingerprint density at radius 2 is 1.78 bits per heavy atom. The summed E-state index contributed by atoms with van der Waals surface area (Å²) < 4.78 is 8.19. The zero-order valence-electron chi connectivity index (χ0n) is 19.3. The molecule has 0 atom stereocenters. The molecule has 5 nitrogen and oxygen atoms in total. The van der Waals surface area contributed by atoms with Crippen LogP contribution in [0.1, 0.15) is 60.5 Å². The Morgan fingerprint density at radius 1 is 1.03 bits per heavy atom. The highest BCUT2D eigenvalue weighted by atomic mass is 16.5. The van der Waals surface area contributed by atoms with Crippen LogP contribution in [0.5, 0.6) is 5.75 Å². The molecule has 0 bridgehead atoms. The molecule has 1 aromatic heterocycles. The Morgan fingerprint density at radius 3 is 2.53 bits per heavy atom. The number of amides is 1. The Balaban J connectivity index is 1.54. The number of piperidine rings is 1. The highest BCUT2D eigenvalue weighted by Crippen LogP contribution is 2.28. The minimum absolute atomic E-state index is 0.378. The predicted molar refractivity (Wildman–Crippen MR) is 127 cm³/mol. The maximum atomic E-state index is 13.1. The first-order valence-electron chi connectivity index (χ1n) is 11.6. The number of ether oxygens (including phenoxy) is 1. The molecular formula is C27H32N2O3. The molecule has 3 aromatic rings. The van der Waals surface area contributed by atoms with Crippen molar-refractivity contribution in [3.8, 4) is 5.75 Å². The molecular weight excluding hydrogens is 400 g/mol. The molecule has 168 valence electrons. The highest BCUT2D eigenvalue weighted by molar-refractivity contribution is 6.44. The van der Waals surface area contributed by atoms with Crippen LogP contribution in [0.25, 0.3) is 10.9 Å². The van der Waals surface area contributed by atoms with Gasteiger partial charge in [-0.2, -0.15) is 0 Å². The van der Waals surface area contributed by atoms with E-state index in [1.165, 1.54) is 11.1 Å². The average molecular weight is 433 g/mol. The number of ketones is 1. The van der Waals surface area contributed by atoms with Gasteiger partial charge in [-0.1, -0.05) is 44.2 Å². The molecule has 1 aliphatic rings. The average Bonchev–Trinajstić information content (AvgIpc) is 3.17. The summed E-state index contributed by atoms with van der Waals surface area (Å²) in [6, 6.07) is 14.1. The van der Waals surface area contributed by atoms with Gasteiger partial charge in [0.15, 0.2) is 0 Å². The third kappa shape index (κ3) is 4.57. The number of fused-ring (bicyclic) bond motifs is 1. The fraction of sp³-hybridized carbons (Fsp3) is 0.407. The van der Waals surface area contributed by atoms with Gasteiger partial charge in [0.05, 0.1) is 12.1 Å². The van der Waals surface area contributed by atoms with Crippen LogP contribution >= 0.6 is 0 Å². The van der Waals surface area contributed by atoms with Crippen molar-refractivity contribution >= 4 is 22.6 Å². The SMILES string of the molecule is Cc1ccc(C(C)C)c(OCCn2cc(C(=O)C(=O)N3CCCCC3)c3ccccc32)c1. The van der Waals surface area contributed by atoms with Gasteiger partial charge < -0.3 is 14.2 Å². The van der Waals surface area contributed by atoms with Crippen LogP contribution in [0.4, 0.5) is 0 Å². The topological polar surface area (TPSA) is 51.5 Å². The molecule has 2 heterocycles. The number of hydrogen-bond acceptors (Lipinski definition) is 3. The van der Waals surface area contributed by atoms with Crippen molar-refractivity contribution in [3.05, 3.63) is 65.4 Å². The van der Waals surface area contributed by atoms with Crippen LogP contribution in [0.3, 0.4) is 0 Å². The van der Waals surface area contributed by atoms with Crippen LogP contribution in [0, 0.1) is 6.92 Å². The summed E-state index contributed by atoms with van der Waals surface area (Å²) in [4.78, 5) is 27.6. The van der Waals surface area contributed by atoms with E-state index < -0.39 is 5.78 Å². The van der Waals surface area contributed by atoms with Gasteiger partial charge in [0, 0.05) is 30.2 Å². The van der Waals surface area contributed by atoms with Crippen LogP contribution < -0.4 is 4.74 Å². The number of likely N-dealkylation sites (tertiary alicyclic amines) is 1. The number of aromatic nitrogens is 1. The fourth-order valence-corrected chi connectivity index (χ4v) is 4.47. The van der Waals surface area contributed by atoms with Crippen LogP contribution in [-0.2, 0) is 11.3 Å². The lowest BCUT2D eigenvalue weighted by Gasteiger charge is -2.25. The summed E-state index contributed by atoms with van der Waals surface area (Å²) in [7, 11) is 0. The van der Waals surface area contributed by atoms with E-state index in [9.17, 15) is 9.59 Å². The van der Waals surface area contributed by atoms with Crippen molar-refractivity contribution in [2.45, 2.75) is 52.5 Å². The predicted octanol–water partition coefficient (Wildman–Crippen LogP) is 5.35. The normalized spacial score (nSPS) is 14.2. The summed E-state index contributed by atoms with van der Waals surface area (Å²) in [6.07, 6.45) is 4.87. The summed E-state index contributed by atoms with van der Waals surface area (Å²) in [5.74, 6) is 0.491. The smallest absolute Gasteiger partial charge is 0.295 e. The van der Waals surface area contributed by atoms with Gasteiger partial charge in [-0.05, 0) is 55.4 Å². The number of aryl methyl sites for hydroxylation is 1. The van der Waals surface area contributed by atoms with Gasteiger partial charge in [0.2, 0.25) is 0 Å². The molecule has 0 aliphatic carbocycles. The second-order valence-corrected chi connectivity index (χ2v) is 8.98. The zero-order chi connectivity index (χ0) is 22.7. The fourth-order valence-electron chi connectivity index (χ4n) is 4.47. The molecule has 0 unspecified atom stereocenters. The molecule has 1 saturated heterocycles. The van der Waals surface area contributed by atoms with Crippen LogP contribution in [0.2, 0.25) is 0 Å².